The summed E-state index contributed by atoms with van der Waals surface area (Å²) in [6.07, 6.45) is 3.74. The molecule has 0 saturated carbocycles. The standard InChI is InChI=1S/C21H18N2O4S/c1-12(9-19(24)25)20-22-23-21(27-20)14-5-8-18-16(10-14)17(11-26-18)13-3-6-15(28-2)7-4-13/h3-8,10-12H,9H2,1-2H3,(H,24,25)/t12-/m0/s1. The summed E-state index contributed by atoms with van der Waals surface area (Å²) in [5, 5.41) is 18.0. The third-order valence-electron chi connectivity index (χ3n) is 4.56. The van der Waals surface area contributed by atoms with E-state index < -0.39 is 5.97 Å². The molecular formula is C21H18N2O4S. The molecule has 0 spiro atoms. The molecule has 0 bridgehead atoms. The molecule has 0 aliphatic heterocycles. The predicted molar refractivity (Wildman–Crippen MR) is 107 cm³/mol. The first kappa shape index (κ1) is 18.3. The van der Waals surface area contributed by atoms with E-state index in [0.29, 0.717) is 11.8 Å². The zero-order chi connectivity index (χ0) is 19.7. The van der Waals surface area contributed by atoms with Crippen molar-refractivity contribution in [1.82, 2.24) is 10.2 Å². The van der Waals surface area contributed by atoms with Crippen molar-refractivity contribution < 1.29 is 18.7 Å². The number of aliphatic carboxylic acids is 1. The summed E-state index contributed by atoms with van der Waals surface area (Å²) < 4.78 is 11.4. The number of nitrogens with zero attached hydrogens (tertiary/aromatic N) is 2. The smallest absolute Gasteiger partial charge is 0.304 e. The van der Waals surface area contributed by atoms with Crippen molar-refractivity contribution in [2.75, 3.05) is 6.26 Å². The van der Waals surface area contributed by atoms with Crippen LogP contribution in [0.4, 0.5) is 0 Å². The van der Waals surface area contributed by atoms with Gasteiger partial charge in [0.05, 0.1) is 12.7 Å². The van der Waals surface area contributed by atoms with E-state index in [1.54, 1.807) is 24.9 Å². The predicted octanol–water partition coefficient (Wildman–Crippen LogP) is 5.45. The van der Waals surface area contributed by atoms with E-state index in [1.807, 2.05) is 24.5 Å². The molecule has 4 aromatic rings. The fourth-order valence-corrected chi connectivity index (χ4v) is 3.46. The van der Waals surface area contributed by atoms with Gasteiger partial charge in [-0.25, -0.2) is 0 Å². The summed E-state index contributed by atoms with van der Waals surface area (Å²) >= 11 is 1.70. The Bertz CT molecular complexity index is 1130. The number of aromatic nitrogens is 2. The molecule has 0 radical (unpaired) electrons. The van der Waals surface area contributed by atoms with Gasteiger partial charge in [-0.15, -0.1) is 22.0 Å². The van der Waals surface area contributed by atoms with Crippen molar-refractivity contribution >= 4 is 28.7 Å². The Morgan fingerprint density at radius 2 is 1.89 bits per heavy atom. The van der Waals surface area contributed by atoms with Gasteiger partial charge >= 0.3 is 5.97 Å². The lowest BCUT2D eigenvalue weighted by Crippen LogP contribution is -2.02. The second kappa shape index (κ2) is 7.52. The van der Waals surface area contributed by atoms with Gasteiger partial charge in [0.15, 0.2) is 0 Å². The molecule has 4 rings (SSSR count). The first-order chi connectivity index (χ1) is 13.5. The molecule has 1 N–H and O–H groups in total. The Morgan fingerprint density at radius 3 is 2.61 bits per heavy atom. The SMILES string of the molecule is CSc1ccc(-c2coc3ccc(-c4nnc([C@@H](C)CC(=O)O)o4)cc23)cc1. The molecule has 0 aliphatic carbocycles. The van der Waals surface area contributed by atoms with E-state index in [2.05, 4.69) is 34.5 Å². The molecule has 0 aliphatic rings. The number of rotatable bonds is 6. The van der Waals surface area contributed by atoms with Crippen molar-refractivity contribution in [2.45, 2.75) is 24.2 Å². The van der Waals surface area contributed by atoms with E-state index in [1.165, 1.54) is 4.90 Å². The normalized spacial score (nSPS) is 12.4. The number of benzene rings is 2. The highest BCUT2D eigenvalue weighted by Gasteiger charge is 2.18. The maximum Gasteiger partial charge on any atom is 0.304 e. The van der Waals surface area contributed by atoms with Crippen LogP contribution < -0.4 is 0 Å². The average molecular weight is 394 g/mol. The van der Waals surface area contributed by atoms with Crippen LogP contribution in [-0.4, -0.2) is 27.5 Å². The lowest BCUT2D eigenvalue weighted by atomic mass is 10.0. The summed E-state index contributed by atoms with van der Waals surface area (Å²) in [5.74, 6) is -0.567. The Kier molecular flexibility index (Phi) is 4.92. The molecule has 142 valence electrons. The second-order valence-corrected chi connectivity index (χ2v) is 7.41. The number of fused-ring (bicyclic) bond motifs is 1. The first-order valence-corrected chi connectivity index (χ1v) is 9.99. The van der Waals surface area contributed by atoms with E-state index in [0.717, 1.165) is 27.7 Å². The van der Waals surface area contributed by atoms with Crippen LogP contribution in [0.3, 0.4) is 0 Å². The third-order valence-corrected chi connectivity index (χ3v) is 5.31. The van der Waals surface area contributed by atoms with Crippen LogP contribution >= 0.6 is 11.8 Å². The Labute approximate surface area is 165 Å². The molecule has 0 saturated heterocycles. The zero-order valence-electron chi connectivity index (χ0n) is 15.4. The van der Waals surface area contributed by atoms with Gasteiger partial charge in [-0.05, 0) is 42.2 Å². The summed E-state index contributed by atoms with van der Waals surface area (Å²) in [5.41, 5.74) is 3.59. The molecule has 2 heterocycles. The number of hydrogen-bond donors (Lipinski definition) is 1. The summed E-state index contributed by atoms with van der Waals surface area (Å²) in [4.78, 5) is 12.1. The number of carboxylic acid groups (broad SMARTS) is 1. The number of carbonyl (C=O) groups is 1. The zero-order valence-corrected chi connectivity index (χ0v) is 16.2. The highest BCUT2D eigenvalue weighted by Crippen LogP contribution is 2.34. The molecule has 2 aromatic heterocycles. The molecule has 1 atom stereocenters. The van der Waals surface area contributed by atoms with Crippen LogP contribution in [0.25, 0.3) is 33.6 Å². The Balaban J connectivity index is 1.69. The van der Waals surface area contributed by atoms with Gasteiger partial charge < -0.3 is 13.9 Å². The minimum absolute atomic E-state index is 0.0570. The summed E-state index contributed by atoms with van der Waals surface area (Å²) in [6, 6.07) is 14.0. The number of hydrogen-bond acceptors (Lipinski definition) is 6. The fourth-order valence-electron chi connectivity index (χ4n) is 3.06. The van der Waals surface area contributed by atoms with Gasteiger partial charge in [0.25, 0.3) is 0 Å². The van der Waals surface area contributed by atoms with Crippen LogP contribution in [0.2, 0.25) is 0 Å². The molecular weight excluding hydrogens is 376 g/mol. The average Bonchev–Trinajstić information content (AvgIpc) is 3.34. The van der Waals surface area contributed by atoms with Gasteiger partial charge in [-0.3, -0.25) is 4.79 Å². The monoisotopic (exact) mass is 394 g/mol. The van der Waals surface area contributed by atoms with Gasteiger partial charge in [0, 0.05) is 27.3 Å². The van der Waals surface area contributed by atoms with Crippen LogP contribution in [0.15, 0.2) is 62.5 Å². The molecule has 0 amide bonds. The van der Waals surface area contributed by atoms with E-state index in [9.17, 15) is 4.79 Å². The van der Waals surface area contributed by atoms with E-state index >= 15 is 0 Å². The molecule has 0 unspecified atom stereocenters. The first-order valence-electron chi connectivity index (χ1n) is 8.76. The van der Waals surface area contributed by atoms with Gasteiger partial charge in [-0.1, -0.05) is 19.1 Å². The number of furan rings is 1. The van der Waals surface area contributed by atoms with Crippen molar-refractivity contribution in [3.63, 3.8) is 0 Å². The largest absolute Gasteiger partial charge is 0.481 e. The quantitative estimate of drug-likeness (QED) is 0.435. The highest BCUT2D eigenvalue weighted by atomic mass is 32.2. The van der Waals surface area contributed by atoms with Crippen LogP contribution in [-0.2, 0) is 4.79 Å². The van der Waals surface area contributed by atoms with Gasteiger partial charge in [0.2, 0.25) is 11.8 Å². The van der Waals surface area contributed by atoms with Gasteiger partial charge in [-0.2, -0.15) is 0 Å². The maximum atomic E-state index is 10.9. The molecule has 28 heavy (non-hydrogen) atoms. The lowest BCUT2D eigenvalue weighted by molar-refractivity contribution is -0.137. The molecule has 6 nitrogen and oxygen atoms in total. The minimum Gasteiger partial charge on any atom is -0.481 e. The van der Waals surface area contributed by atoms with Crippen molar-refractivity contribution in [3.8, 4) is 22.6 Å². The van der Waals surface area contributed by atoms with Crippen LogP contribution in [0.5, 0.6) is 0 Å². The topological polar surface area (TPSA) is 89.4 Å². The maximum absolute atomic E-state index is 10.9. The Hall–Kier alpha value is -3.06. The number of thioether (sulfide) groups is 1. The second-order valence-electron chi connectivity index (χ2n) is 6.53. The fraction of sp³-hybridized carbons (Fsp3) is 0.190. The van der Waals surface area contributed by atoms with Crippen molar-refractivity contribution in [2.24, 2.45) is 0 Å². The number of carboxylic acids is 1. The Morgan fingerprint density at radius 1 is 1.14 bits per heavy atom. The molecule has 7 heteroatoms. The van der Waals surface area contributed by atoms with Crippen molar-refractivity contribution in [3.05, 3.63) is 54.6 Å². The third kappa shape index (κ3) is 3.53. The van der Waals surface area contributed by atoms with Crippen molar-refractivity contribution in [1.29, 1.82) is 0 Å². The van der Waals surface area contributed by atoms with Crippen LogP contribution in [0.1, 0.15) is 25.2 Å². The van der Waals surface area contributed by atoms with E-state index in [-0.39, 0.29) is 12.3 Å². The molecule has 2 aromatic carbocycles. The highest BCUT2D eigenvalue weighted by molar-refractivity contribution is 7.98. The molecule has 0 fully saturated rings. The van der Waals surface area contributed by atoms with Crippen LogP contribution in [0, 0.1) is 0 Å². The van der Waals surface area contributed by atoms with Gasteiger partial charge in [0.1, 0.15) is 5.58 Å². The van der Waals surface area contributed by atoms with E-state index in [4.69, 9.17) is 13.9 Å². The minimum atomic E-state index is -0.899. The summed E-state index contributed by atoms with van der Waals surface area (Å²) in [7, 11) is 0. The summed E-state index contributed by atoms with van der Waals surface area (Å²) in [6.45, 7) is 1.75. The lowest BCUT2D eigenvalue weighted by Gasteiger charge is -2.02.